The summed E-state index contributed by atoms with van der Waals surface area (Å²) < 4.78 is 0. The van der Waals surface area contributed by atoms with E-state index in [-0.39, 0.29) is 24.4 Å². The molecule has 7 heteroatoms. The fraction of sp³-hybridized carbons (Fsp3) is 0.389. The largest absolute Gasteiger partial charge is 0.369 e. The lowest BCUT2D eigenvalue weighted by Gasteiger charge is -2.31. The topological polar surface area (TPSA) is 88.3 Å². The summed E-state index contributed by atoms with van der Waals surface area (Å²) in [5.41, 5.74) is 7.01. The Morgan fingerprint density at radius 2 is 1.96 bits per heavy atom. The van der Waals surface area contributed by atoms with Crippen LogP contribution in [0.25, 0.3) is 10.6 Å². The Hall–Kier alpha value is -2.25. The fourth-order valence-corrected chi connectivity index (χ4v) is 3.99. The van der Waals surface area contributed by atoms with E-state index in [1.54, 1.807) is 0 Å². The van der Waals surface area contributed by atoms with Gasteiger partial charge in [-0.1, -0.05) is 30.3 Å². The zero-order valence-electron chi connectivity index (χ0n) is 14.2. The van der Waals surface area contributed by atoms with Gasteiger partial charge < -0.3 is 11.1 Å². The van der Waals surface area contributed by atoms with E-state index in [2.05, 4.69) is 10.3 Å². The van der Waals surface area contributed by atoms with Gasteiger partial charge >= 0.3 is 0 Å². The van der Waals surface area contributed by atoms with Crippen LogP contribution in [0.2, 0.25) is 0 Å². The number of benzene rings is 1. The minimum Gasteiger partial charge on any atom is -0.369 e. The molecule has 1 saturated heterocycles. The Kier molecular flexibility index (Phi) is 5.45. The van der Waals surface area contributed by atoms with Gasteiger partial charge in [-0.25, -0.2) is 4.98 Å². The molecular formula is C18H22N4O2S. The highest BCUT2D eigenvalue weighted by atomic mass is 32.1. The number of carbonyl (C=O) groups excluding carboxylic acids is 2. The number of likely N-dealkylation sites (tertiary alicyclic amines) is 1. The van der Waals surface area contributed by atoms with Gasteiger partial charge in [0.15, 0.2) is 0 Å². The number of nitrogens with two attached hydrogens (primary N) is 1. The third-order valence-electron chi connectivity index (χ3n) is 4.33. The van der Waals surface area contributed by atoms with E-state index in [1.807, 2.05) is 42.2 Å². The van der Waals surface area contributed by atoms with Crippen LogP contribution in [0, 0.1) is 6.92 Å². The number of thiazole rings is 1. The monoisotopic (exact) mass is 358 g/mol. The molecule has 2 aromatic rings. The number of piperidine rings is 1. The minimum absolute atomic E-state index is 0.0643. The third-order valence-corrected chi connectivity index (χ3v) is 5.53. The lowest BCUT2D eigenvalue weighted by molar-refractivity contribution is -0.119. The first-order valence-electron chi connectivity index (χ1n) is 8.37. The standard InChI is InChI=1S/C18H22N4O2S/c1-12-16(25-18(20-12)13-5-3-2-4-6-13)17(24)21-14-7-9-22(10-8-14)11-15(19)23/h2-6,14H,7-11H2,1H3,(H2,19,23)(H,21,24). The molecule has 3 rings (SSSR count). The molecule has 0 aliphatic carbocycles. The predicted octanol–water partition coefficient (Wildman–Crippen LogP) is 1.80. The number of carbonyl (C=O) groups is 2. The van der Waals surface area contributed by atoms with Crippen molar-refractivity contribution >= 4 is 23.2 Å². The first kappa shape index (κ1) is 17.6. The molecule has 1 aliphatic heterocycles. The van der Waals surface area contributed by atoms with E-state index < -0.39 is 0 Å². The second-order valence-corrected chi connectivity index (χ2v) is 7.29. The second-order valence-electron chi connectivity index (χ2n) is 6.29. The molecule has 0 radical (unpaired) electrons. The van der Waals surface area contributed by atoms with Crippen molar-refractivity contribution in [2.45, 2.75) is 25.8 Å². The Morgan fingerprint density at radius 3 is 2.60 bits per heavy atom. The number of nitrogens with one attached hydrogen (secondary N) is 1. The summed E-state index contributed by atoms with van der Waals surface area (Å²) in [4.78, 5) is 30.8. The summed E-state index contributed by atoms with van der Waals surface area (Å²) >= 11 is 1.42. The van der Waals surface area contributed by atoms with E-state index in [0.717, 1.165) is 42.2 Å². The average molecular weight is 358 g/mol. The summed E-state index contributed by atoms with van der Waals surface area (Å²) in [6.45, 7) is 3.69. The number of rotatable bonds is 5. The summed E-state index contributed by atoms with van der Waals surface area (Å²) in [5, 5.41) is 3.96. The van der Waals surface area contributed by atoms with Crippen LogP contribution in [-0.4, -0.2) is 47.4 Å². The highest BCUT2D eigenvalue weighted by Gasteiger charge is 2.24. The molecule has 3 N–H and O–H groups in total. The van der Waals surface area contributed by atoms with E-state index in [0.29, 0.717) is 4.88 Å². The van der Waals surface area contributed by atoms with Gasteiger partial charge in [-0.05, 0) is 19.8 Å². The summed E-state index contributed by atoms with van der Waals surface area (Å²) in [6, 6.07) is 10.0. The number of primary amides is 1. The van der Waals surface area contributed by atoms with Crippen molar-refractivity contribution in [3.05, 3.63) is 40.9 Å². The molecule has 0 atom stereocenters. The zero-order chi connectivity index (χ0) is 17.8. The van der Waals surface area contributed by atoms with Crippen LogP contribution in [0.5, 0.6) is 0 Å². The number of nitrogens with zero attached hydrogens (tertiary/aromatic N) is 2. The maximum absolute atomic E-state index is 12.6. The zero-order valence-corrected chi connectivity index (χ0v) is 15.0. The molecule has 0 bridgehead atoms. The van der Waals surface area contributed by atoms with Crippen molar-refractivity contribution in [1.29, 1.82) is 0 Å². The van der Waals surface area contributed by atoms with E-state index in [9.17, 15) is 9.59 Å². The van der Waals surface area contributed by atoms with Crippen LogP contribution in [0.15, 0.2) is 30.3 Å². The number of aryl methyl sites for hydroxylation is 1. The van der Waals surface area contributed by atoms with Gasteiger partial charge in [0.1, 0.15) is 9.88 Å². The molecule has 6 nitrogen and oxygen atoms in total. The summed E-state index contributed by atoms with van der Waals surface area (Å²) in [6.07, 6.45) is 1.64. The fourth-order valence-electron chi connectivity index (χ4n) is 3.02. The molecule has 1 aromatic heterocycles. The van der Waals surface area contributed by atoms with Crippen molar-refractivity contribution in [3.8, 4) is 10.6 Å². The average Bonchev–Trinajstić information content (AvgIpc) is 2.99. The van der Waals surface area contributed by atoms with Crippen molar-refractivity contribution in [1.82, 2.24) is 15.2 Å². The van der Waals surface area contributed by atoms with Gasteiger partial charge in [0.2, 0.25) is 5.91 Å². The van der Waals surface area contributed by atoms with Crippen molar-refractivity contribution < 1.29 is 9.59 Å². The van der Waals surface area contributed by atoms with Gasteiger partial charge in [-0.3, -0.25) is 14.5 Å². The maximum atomic E-state index is 12.6. The highest BCUT2D eigenvalue weighted by Crippen LogP contribution is 2.28. The van der Waals surface area contributed by atoms with Gasteiger partial charge in [-0.15, -0.1) is 11.3 Å². The molecule has 25 heavy (non-hydrogen) atoms. The minimum atomic E-state index is -0.309. The first-order chi connectivity index (χ1) is 12.0. The molecule has 2 heterocycles. The molecule has 2 amide bonds. The van der Waals surface area contributed by atoms with Crippen molar-refractivity contribution in [2.75, 3.05) is 19.6 Å². The normalized spacial score (nSPS) is 15.9. The molecule has 0 unspecified atom stereocenters. The number of hydrogen-bond acceptors (Lipinski definition) is 5. The van der Waals surface area contributed by atoms with Crippen LogP contribution in [-0.2, 0) is 4.79 Å². The second kappa shape index (κ2) is 7.76. The van der Waals surface area contributed by atoms with Gasteiger partial charge in [-0.2, -0.15) is 0 Å². The highest BCUT2D eigenvalue weighted by molar-refractivity contribution is 7.17. The Balaban J connectivity index is 1.61. The van der Waals surface area contributed by atoms with Crippen LogP contribution < -0.4 is 11.1 Å². The van der Waals surface area contributed by atoms with E-state index in [1.165, 1.54) is 11.3 Å². The molecule has 132 valence electrons. The van der Waals surface area contributed by atoms with Gasteiger partial charge in [0.25, 0.3) is 5.91 Å². The van der Waals surface area contributed by atoms with Gasteiger partial charge in [0, 0.05) is 24.7 Å². The summed E-state index contributed by atoms with van der Waals surface area (Å²) in [7, 11) is 0. The number of aromatic nitrogens is 1. The summed E-state index contributed by atoms with van der Waals surface area (Å²) in [5.74, 6) is -0.373. The van der Waals surface area contributed by atoms with E-state index >= 15 is 0 Å². The SMILES string of the molecule is Cc1nc(-c2ccccc2)sc1C(=O)NC1CCN(CC(N)=O)CC1. The van der Waals surface area contributed by atoms with Crippen LogP contribution in [0.4, 0.5) is 0 Å². The predicted molar refractivity (Wildman–Crippen MR) is 98.4 cm³/mol. The van der Waals surface area contributed by atoms with Crippen LogP contribution in [0.3, 0.4) is 0 Å². The van der Waals surface area contributed by atoms with Gasteiger partial charge in [0.05, 0.1) is 12.2 Å². The van der Waals surface area contributed by atoms with Crippen molar-refractivity contribution in [3.63, 3.8) is 0 Å². The maximum Gasteiger partial charge on any atom is 0.263 e. The molecule has 0 spiro atoms. The van der Waals surface area contributed by atoms with E-state index in [4.69, 9.17) is 5.73 Å². The third kappa shape index (κ3) is 4.43. The Labute approximate surface area is 151 Å². The Bertz CT molecular complexity index is 752. The molecular weight excluding hydrogens is 336 g/mol. The smallest absolute Gasteiger partial charge is 0.263 e. The van der Waals surface area contributed by atoms with Crippen LogP contribution >= 0.6 is 11.3 Å². The first-order valence-corrected chi connectivity index (χ1v) is 9.19. The lowest BCUT2D eigenvalue weighted by atomic mass is 10.0. The number of hydrogen-bond donors (Lipinski definition) is 2. The molecule has 1 aromatic carbocycles. The Morgan fingerprint density at radius 1 is 1.28 bits per heavy atom. The number of amides is 2. The van der Waals surface area contributed by atoms with Crippen LogP contribution in [0.1, 0.15) is 28.2 Å². The molecule has 0 saturated carbocycles. The lowest BCUT2D eigenvalue weighted by Crippen LogP contribution is -2.46. The van der Waals surface area contributed by atoms with Crippen molar-refractivity contribution in [2.24, 2.45) is 5.73 Å². The molecule has 1 fully saturated rings. The quantitative estimate of drug-likeness (QED) is 0.853. The molecule has 1 aliphatic rings.